The first-order chi connectivity index (χ1) is 7.78. The Morgan fingerprint density at radius 1 is 1.56 bits per heavy atom. The molecule has 0 amide bonds. The first-order valence-corrected chi connectivity index (χ1v) is 5.96. The third kappa shape index (κ3) is 1.34. The largest absolute Gasteiger partial charge is 0.278 e. The van der Waals surface area contributed by atoms with Crippen molar-refractivity contribution >= 4 is 17.5 Å². The third-order valence-electron chi connectivity index (χ3n) is 2.86. The average molecular weight is 230 g/mol. The van der Waals surface area contributed by atoms with Crippen molar-refractivity contribution in [3.8, 4) is 6.07 Å². The highest BCUT2D eigenvalue weighted by Crippen LogP contribution is 2.40. The molecular formula is C11H8N3OS+. The van der Waals surface area contributed by atoms with E-state index in [9.17, 15) is 4.91 Å². The highest BCUT2D eigenvalue weighted by atomic mass is 32.2. The fourth-order valence-electron chi connectivity index (χ4n) is 2.12. The second kappa shape index (κ2) is 3.42. The van der Waals surface area contributed by atoms with Gasteiger partial charge in [-0.3, -0.25) is 0 Å². The maximum Gasteiger partial charge on any atom is 0.278 e. The van der Waals surface area contributed by atoms with Crippen molar-refractivity contribution in [3.63, 3.8) is 0 Å². The van der Waals surface area contributed by atoms with Gasteiger partial charge in [0.25, 0.3) is 5.88 Å². The summed E-state index contributed by atoms with van der Waals surface area (Å²) in [4.78, 5) is 13.0. The molecule has 0 fully saturated rings. The van der Waals surface area contributed by atoms with E-state index < -0.39 is 0 Å². The van der Waals surface area contributed by atoms with Gasteiger partial charge in [0.05, 0.1) is 11.0 Å². The summed E-state index contributed by atoms with van der Waals surface area (Å²) in [5.41, 5.74) is 2.67. The Kier molecular flexibility index (Phi) is 2.04. The van der Waals surface area contributed by atoms with E-state index in [1.165, 1.54) is 11.8 Å². The summed E-state index contributed by atoms with van der Waals surface area (Å²) < 4.78 is 0. The third-order valence-corrected chi connectivity index (χ3v) is 3.85. The second-order valence-corrected chi connectivity index (χ2v) is 4.81. The van der Waals surface area contributed by atoms with Gasteiger partial charge in [0.2, 0.25) is 0 Å². The molecule has 0 aromatic rings. The predicted molar refractivity (Wildman–Crippen MR) is 61.5 cm³/mol. The minimum atomic E-state index is 0.177. The summed E-state index contributed by atoms with van der Waals surface area (Å²) in [5.74, 6) is 0.532. The van der Waals surface area contributed by atoms with Crippen molar-refractivity contribution in [3.05, 3.63) is 39.2 Å². The molecule has 16 heavy (non-hydrogen) atoms. The van der Waals surface area contributed by atoms with E-state index in [4.69, 9.17) is 5.26 Å². The van der Waals surface area contributed by atoms with E-state index in [-0.39, 0.29) is 5.92 Å². The molecule has 1 aliphatic heterocycles. The fraction of sp³-hybridized carbons (Fsp3) is 0.273. The van der Waals surface area contributed by atoms with Gasteiger partial charge < -0.3 is 0 Å². The van der Waals surface area contributed by atoms with Crippen molar-refractivity contribution in [1.29, 1.82) is 5.26 Å². The number of rotatable bonds is 0. The van der Waals surface area contributed by atoms with E-state index in [0.717, 1.165) is 27.5 Å². The summed E-state index contributed by atoms with van der Waals surface area (Å²) in [6.45, 7) is 0. The van der Waals surface area contributed by atoms with Crippen LogP contribution in [0.5, 0.6) is 0 Å². The van der Waals surface area contributed by atoms with Gasteiger partial charge in [-0.15, -0.1) is 0 Å². The lowest BCUT2D eigenvalue weighted by Gasteiger charge is -2.14. The van der Waals surface area contributed by atoms with Crippen molar-refractivity contribution in [2.45, 2.75) is 6.42 Å². The summed E-state index contributed by atoms with van der Waals surface area (Å²) in [6, 6.07) is 2.14. The molecule has 1 heterocycles. The van der Waals surface area contributed by atoms with Crippen molar-refractivity contribution < 1.29 is 4.87 Å². The number of allylic oxidation sites excluding steroid dienone is 6. The summed E-state index contributed by atoms with van der Waals surface area (Å²) in [6.07, 6.45) is 6.60. The lowest BCUT2D eigenvalue weighted by molar-refractivity contribution is -0.534. The zero-order valence-corrected chi connectivity index (χ0v) is 9.20. The van der Waals surface area contributed by atoms with Gasteiger partial charge in [-0.1, -0.05) is 6.08 Å². The minimum Gasteiger partial charge on any atom is -0.192 e. The van der Waals surface area contributed by atoms with Gasteiger partial charge in [0.15, 0.2) is 4.87 Å². The zero-order valence-electron chi connectivity index (χ0n) is 8.38. The number of fused-ring (bicyclic) bond motifs is 3. The second-order valence-electron chi connectivity index (χ2n) is 3.82. The molecule has 1 atom stereocenters. The molecule has 1 unspecified atom stereocenters. The van der Waals surface area contributed by atoms with E-state index in [2.05, 4.69) is 11.2 Å². The molecule has 0 bridgehead atoms. The lowest BCUT2D eigenvalue weighted by atomic mass is 9.90. The molecule has 3 aliphatic rings. The number of thioether (sulfide) groups is 1. The fourth-order valence-corrected chi connectivity index (χ4v) is 2.97. The van der Waals surface area contributed by atoms with Gasteiger partial charge in [-0.05, 0) is 35.9 Å². The van der Waals surface area contributed by atoms with Crippen LogP contribution in [0.4, 0.5) is 0 Å². The average Bonchev–Trinajstić information content (AvgIpc) is 2.66. The summed E-state index contributed by atoms with van der Waals surface area (Å²) in [5, 5.41) is 12.9. The van der Waals surface area contributed by atoms with Crippen LogP contribution in [0.3, 0.4) is 0 Å². The molecule has 3 rings (SSSR count). The van der Waals surface area contributed by atoms with Gasteiger partial charge in [0, 0.05) is 21.5 Å². The maximum atomic E-state index is 11.2. The first-order valence-electron chi connectivity index (χ1n) is 4.98. The number of nitroso groups, excluding NO2 is 1. The van der Waals surface area contributed by atoms with Crippen LogP contribution in [0.25, 0.3) is 0 Å². The Morgan fingerprint density at radius 2 is 2.44 bits per heavy atom. The minimum absolute atomic E-state index is 0.177. The molecule has 0 spiro atoms. The highest BCUT2D eigenvalue weighted by Gasteiger charge is 2.37. The van der Waals surface area contributed by atoms with Crippen molar-refractivity contribution in [1.82, 2.24) is 0 Å². The Hall–Kier alpha value is -1.67. The van der Waals surface area contributed by atoms with Crippen LogP contribution in [0.1, 0.15) is 6.42 Å². The molecule has 0 N–H and O–H groups in total. The lowest BCUT2D eigenvalue weighted by Crippen LogP contribution is -2.19. The Balaban J connectivity index is 2.04. The number of nitrogens with zero attached hydrogens (tertiary/aromatic N) is 3. The zero-order chi connectivity index (χ0) is 11.1. The number of nitriles is 1. The molecule has 0 aromatic carbocycles. The predicted octanol–water partition coefficient (Wildman–Crippen LogP) is 2.12. The Bertz CT molecular complexity index is 548. The quantitative estimate of drug-likeness (QED) is 0.599. The maximum absolute atomic E-state index is 11.2. The molecule has 2 aliphatic carbocycles. The SMILES string of the molecule is N#CC1=CCC2C(=C1)C=C1SC[N+](=O)N=C12. The van der Waals surface area contributed by atoms with Crippen LogP contribution in [0, 0.1) is 22.2 Å². The van der Waals surface area contributed by atoms with E-state index in [1.807, 2.05) is 18.2 Å². The standard InChI is InChI=1S/C11H8N3OS/c12-5-7-1-2-9-8(3-7)4-10-11(9)13-14(15)6-16-10/h1,3-4,9H,2,6H2/q+1. The summed E-state index contributed by atoms with van der Waals surface area (Å²) in [7, 11) is 0. The molecule has 5 heteroatoms. The smallest absolute Gasteiger partial charge is 0.192 e. The number of hydrogen-bond acceptors (Lipinski definition) is 3. The van der Waals surface area contributed by atoms with Crippen LogP contribution >= 0.6 is 11.8 Å². The molecule has 4 nitrogen and oxygen atoms in total. The Morgan fingerprint density at radius 3 is 3.25 bits per heavy atom. The topological polar surface area (TPSA) is 56.2 Å². The number of hydrogen-bond donors (Lipinski definition) is 0. The molecule has 0 radical (unpaired) electrons. The normalized spacial score (nSPS) is 26.9. The van der Waals surface area contributed by atoms with Gasteiger partial charge in [-0.25, -0.2) is 0 Å². The van der Waals surface area contributed by atoms with Crippen LogP contribution in [0.2, 0.25) is 0 Å². The van der Waals surface area contributed by atoms with Crippen molar-refractivity contribution in [2.75, 3.05) is 5.88 Å². The van der Waals surface area contributed by atoms with E-state index >= 15 is 0 Å². The van der Waals surface area contributed by atoms with Crippen LogP contribution in [-0.4, -0.2) is 16.5 Å². The van der Waals surface area contributed by atoms with E-state index in [1.54, 1.807) is 0 Å². The van der Waals surface area contributed by atoms with Gasteiger partial charge in [-0.2, -0.15) is 5.26 Å². The summed E-state index contributed by atoms with van der Waals surface area (Å²) >= 11 is 1.51. The molecule has 0 saturated heterocycles. The Labute approximate surface area is 96.6 Å². The molecule has 0 saturated carbocycles. The molecular weight excluding hydrogens is 222 g/mol. The monoisotopic (exact) mass is 230 g/mol. The van der Waals surface area contributed by atoms with E-state index in [0.29, 0.717) is 11.4 Å². The molecule has 78 valence electrons. The molecule has 0 aromatic heterocycles. The first kappa shape index (κ1) is 9.55. The highest BCUT2D eigenvalue weighted by molar-refractivity contribution is 8.03. The van der Waals surface area contributed by atoms with Crippen LogP contribution in [-0.2, 0) is 0 Å². The van der Waals surface area contributed by atoms with Crippen molar-refractivity contribution in [2.24, 2.45) is 11.0 Å². The van der Waals surface area contributed by atoms with Crippen LogP contribution in [0.15, 0.2) is 39.4 Å². The van der Waals surface area contributed by atoms with Crippen LogP contribution < -0.4 is 0 Å². The van der Waals surface area contributed by atoms with Gasteiger partial charge in [0.1, 0.15) is 5.71 Å². The van der Waals surface area contributed by atoms with Gasteiger partial charge >= 0.3 is 0 Å². The number of hydrazone groups is 1.